The van der Waals surface area contributed by atoms with Crippen LogP contribution >= 0.6 is 0 Å². The standard InChI is InChI=1S/C28H26FN3O6.H2/c1-15(14-33)32-13-19(28(35)36)27(34)24-21(32)12-20(25(29)26(24)30)31-10-9-18(16-5-3-2-4-6-16)17-7-8-22-23(11-17)38-37-22;/h2-8,11-13,15,18,31,33H,9-10,14,30H2,1H3,(H,35,36);1H/t15-,18?;/m0./s1. The Morgan fingerprint density at radius 2 is 1.87 bits per heavy atom. The van der Waals surface area contributed by atoms with E-state index in [1.807, 2.05) is 48.5 Å². The largest absolute Gasteiger partial charge is 0.477 e. The number of nitrogen functional groups attached to an aromatic ring is 1. The van der Waals surface area contributed by atoms with E-state index in [4.69, 9.17) is 14.9 Å². The van der Waals surface area contributed by atoms with Crippen molar-refractivity contribution in [3.8, 4) is 0 Å². The highest BCUT2D eigenvalue weighted by atomic mass is 19.1. The minimum atomic E-state index is -1.46. The maximum absolute atomic E-state index is 15.4. The lowest BCUT2D eigenvalue weighted by atomic mass is 9.88. The van der Waals surface area contributed by atoms with Crippen LogP contribution in [0, 0.1) is 5.82 Å². The molecule has 0 aliphatic rings. The van der Waals surface area contributed by atoms with Crippen LogP contribution in [0.3, 0.4) is 0 Å². The molecule has 0 fully saturated rings. The number of aliphatic hydroxyl groups excluding tert-OH is 1. The molecule has 0 bridgehead atoms. The first-order chi connectivity index (χ1) is 18.3. The van der Waals surface area contributed by atoms with E-state index < -0.39 is 34.5 Å². The Bertz CT molecular complexity index is 1690. The predicted octanol–water partition coefficient (Wildman–Crippen LogP) is 5.19. The molecule has 1 unspecified atom stereocenters. The maximum Gasteiger partial charge on any atom is 0.341 e. The SMILES string of the molecule is C[C@@H](CO)n1cc(C(=O)O)c(=O)c2c(N)c(F)c(NCCC(c3ccccc3)c3ccc4ooc4c3)cc21.[HH]. The summed E-state index contributed by atoms with van der Waals surface area (Å²) in [5, 5.41) is 22.0. The van der Waals surface area contributed by atoms with Gasteiger partial charge in [0.2, 0.25) is 16.6 Å². The van der Waals surface area contributed by atoms with E-state index in [0.29, 0.717) is 24.1 Å². The Morgan fingerprint density at radius 3 is 2.50 bits per heavy atom. The molecule has 2 heterocycles. The second-order valence-electron chi connectivity index (χ2n) is 9.21. The fraction of sp³-hybridized carbons (Fsp3) is 0.214. The lowest BCUT2D eigenvalue weighted by Crippen LogP contribution is -2.23. The molecule has 5 N–H and O–H groups in total. The van der Waals surface area contributed by atoms with E-state index >= 15 is 4.39 Å². The number of anilines is 2. The fourth-order valence-corrected chi connectivity index (χ4v) is 4.74. The maximum atomic E-state index is 15.4. The number of carbonyl (C=O) groups is 1. The number of rotatable bonds is 9. The van der Waals surface area contributed by atoms with Gasteiger partial charge in [0.05, 0.1) is 34.9 Å². The molecule has 5 rings (SSSR count). The molecule has 198 valence electrons. The number of aromatic carboxylic acids is 1. The van der Waals surface area contributed by atoms with Crippen LogP contribution in [0.2, 0.25) is 0 Å². The first-order valence-corrected chi connectivity index (χ1v) is 12.1. The van der Waals surface area contributed by atoms with Gasteiger partial charge in [0.15, 0.2) is 5.82 Å². The number of halogens is 1. The lowest BCUT2D eigenvalue weighted by molar-refractivity contribution is 0.0588. The molecule has 0 aliphatic carbocycles. The summed E-state index contributed by atoms with van der Waals surface area (Å²) in [6.45, 7) is 1.67. The number of benzene rings is 3. The van der Waals surface area contributed by atoms with Gasteiger partial charge in [-0.3, -0.25) is 13.9 Å². The zero-order valence-corrected chi connectivity index (χ0v) is 20.5. The van der Waals surface area contributed by atoms with Gasteiger partial charge in [-0.15, -0.1) is 0 Å². The molecule has 0 radical (unpaired) electrons. The van der Waals surface area contributed by atoms with Crippen molar-refractivity contribution < 1.29 is 30.0 Å². The monoisotopic (exact) mass is 521 g/mol. The Balaban J connectivity index is 0.00000353. The summed E-state index contributed by atoms with van der Waals surface area (Å²) < 4.78 is 26.8. The minimum Gasteiger partial charge on any atom is -0.477 e. The molecule has 3 aromatic carbocycles. The predicted molar refractivity (Wildman–Crippen MR) is 143 cm³/mol. The van der Waals surface area contributed by atoms with Crippen molar-refractivity contribution in [1.82, 2.24) is 4.57 Å². The van der Waals surface area contributed by atoms with Gasteiger partial charge in [0.1, 0.15) is 5.56 Å². The van der Waals surface area contributed by atoms with Gasteiger partial charge in [-0.1, -0.05) is 36.4 Å². The number of carboxylic acid groups (broad SMARTS) is 1. The number of hydrogen-bond acceptors (Lipinski definition) is 7. The van der Waals surface area contributed by atoms with Gasteiger partial charge in [0.25, 0.3) is 0 Å². The third kappa shape index (κ3) is 4.39. The van der Waals surface area contributed by atoms with Crippen LogP contribution in [-0.2, 0) is 0 Å². The second kappa shape index (κ2) is 10.1. The molecule has 0 saturated carbocycles. The van der Waals surface area contributed by atoms with Crippen LogP contribution in [-0.4, -0.2) is 33.9 Å². The molecule has 0 spiro atoms. The molecule has 2 aromatic heterocycles. The first-order valence-electron chi connectivity index (χ1n) is 12.1. The molecule has 2 atom stereocenters. The van der Waals surface area contributed by atoms with Crippen LogP contribution in [0.25, 0.3) is 22.1 Å². The number of nitrogens with two attached hydrogens (primary N) is 1. The van der Waals surface area contributed by atoms with Gasteiger partial charge in [0, 0.05) is 20.1 Å². The highest BCUT2D eigenvalue weighted by Crippen LogP contribution is 2.33. The summed E-state index contributed by atoms with van der Waals surface area (Å²) in [5.74, 6) is -2.34. The molecule has 0 saturated heterocycles. The average molecular weight is 522 g/mol. The first kappa shape index (κ1) is 25.1. The second-order valence-corrected chi connectivity index (χ2v) is 9.21. The van der Waals surface area contributed by atoms with Gasteiger partial charge in [-0.25, -0.2) is 9.18 Å². The van der Waals surface area contributed by atoms with Crippen molar-refractivity contribution in [3.63, 3.8) is 0 Å². The molecular formula is C28H28FN3O6. The van der Waals surface area contributed by atoms with Crippen molar-refractivity contribution in [2.75, 3.05) is 24.2 Å². The van der Waals surface area contributed by atoms with E-state index in [-0.39, 0.29) is 30.5 Å². The van der Waals surface area contributed by atoms with Crippen LogP contribution < -0.4 is 16.5 Å². The van der Waals surface area contributed by atoms with Gasteiger partial charge >= 0.3 is 5.97 Å². The lowest BCUT2D eigenvalue weighted by Gasteiger charge is -2.21. The number of aliphatic hydroxyl groups is 1. The number of hydrogen-bond donors (Lipinski definition) is 4. The number of nitrogens with zero attached hydrogens (tertiary/aromatic N) is 1. The third-order valence-electron chi connectivity index (χ3n) is 6.81. The Labute approximate surface area is 217 Å². The zero-order valence-electron chi connectivity index (χ0n) is 20.5. The number of pyridine rings is 1. The van der Waals surface area contributed by atoms with Gasteiger partial charge in [-0.2, -0.15) is 0 Å². The summed E-state index contributed by atoms with van der Waals surface area (Å²) in [6, 6.07) is 16.4. The third-order valence-corrected chi connectivity index (χ3v) is 6.81. The van der Waals surface area contributed by atoms with Crippen LogP contribution in [0.4, 0.5) is 15.8 Å². The quantitative estimate of drug-likeness (QED) is 0.153. The van der Waals surface area contributed by atoms with E-state index in [9.17, 15) is 19.8 Å². The topological polar surface area (TPSA) is 144 Å². The average Bonchev–Trinajstić information content (AvgIpc) is 2.90. The van der Waals surface area contributed by atoms with E-state index in [2.05, 4.69) is 5.32 Å². The molecule has 5 aromatic rings. The molecule has 9 nitrogen and oxygen atoms in total. The van der Waals surface area contributed by atoms with Gasteiger partial charge < -0.3 is 25.8 Å². The molecule has 10 heteroatoms. The van der Waals surface area contributed by atoms with E-state index in [1.54, 1.807) is 6.92 Å². The van der Waals surface area contributed by atoms with Crippen molar-refractivity contribution in [3.05, 3.63) is 93.5 Å². The summed E-state index contributed by atoms with van der Waals surface area (Å²) in [5.41, 5.74) is 7.85. The van der Waals surface area contributed by atoms with Crippen molar-refractivity contribution in [2.24, 2.45) is 0 Å². The number of aromatic nitrogens is 1. The molecular weight excluding hydrogens is 493 g/mol. The minimum absolute atomic E-state index is 0. The van der Waals surface area contributed by atoms with Crippen LogP contribution in [0.15, 0.2) is 74.7 Å². The number of carboxylic acids is 1. The van der Waals surface area contributed by atoms with Crippen molar-refractivity contribution >= 4 is 39.4 Å². The number of fused-ring (bicyclic) bond motifs is 2. The van der Waals surface area contributed by atoms with Crippen LogP contribution in [0.5, 0.6) is 0 Å². The van der Waals surface area contributed by atoms with Crippen LogP contribution in [0.1, 0.15) is 48.2 Å². The highest BCUT2D eigenvalue weighted by Gasteiger charge is 2.23. The van der Waals surface area contributed by atoms with Crippen molar-refractivity contribution in [1.29, 1.82) is 0 Å². The number of nitrogens with one attached hydrogen (secondary N) is 1. The van der Waals surface area contributed by atoms with E-state index in [1.165, 1.54) is 10.6 Å². The van der Waals surface area contributed by atoms with Crippen molar-refractivity contribution in [2.45, 2.75) is 25.3 Å². The van der Waals surface area contributed by atoms with E-state index in [0.717, 1.165) is 17.3 Å². The fourth-order valence-electron chi connectivity index (χ4n) is 4.74. The summed E-state index contributed by atoms with van der Waals surface area (Å²) in [6.07, 6.45) is 1.73. The summed E-state index contributed by atoms with van der Waals surface area (Å²) in [4.78, 5) is 24.5. The summed E-state index contributed by atoms with van der Waals surface area (Å²) in [7, 11) is 0. The highest BCUT2D eigenvalue weighted by molar-refractivity contribution is 5.99. The zero-order chi connectivity index (χ0) is 27.0. The van der Waals surface area contributed by atoms with Gasteiger partial charge in [-0.05, 0) is 42.7 Å². The Kier molecular flexibility index (Phi) is 6.64. The molecule has 0 amide bonds. The Hall–Kier alpha value is -4.57. The Morgan fingerprint density at radius 1 is 1.13 bits per heavy atom. The molecule has 0 aliphatic heterocycles. The summed E-state index contributed by atoms with van der Waals surface area (Å²) >= 11 is 0. The smallest absolute Gasteiger partial charge is 0.341 e. The normalized spacial score (nSPS) is 13.1. The molecule has 38 heavy (non-hydrogen) atoms.